The molecule has 5 nitrogen and oxygen atoms in total. The highest BCUT2D eigenvalue weighted by Crippen LogP contribution is 2.31. The van der Waals surface area contributed by atoms with E-state index in [1.807, 2.05) is 11.0 Å². The van der Waals surface area contributed by atoms with Gasteiger partial charge in [0.15, 0.2) is 0 Å². The quantitative estimate of drug-likeness (QED) is 0.703. The Balaban J connectivity index is 1.22. The highest BCUT2D eigenvalue weighted by molar-refractivity contribution is 6.00. The molecule has 3 aliphatic rings. The van der Waals surface area contributed by atoms with E-state index in [0.717, 1.165) is 49.6 Å². The van der Waals surface area contributed by atoms with Crippen LogP contribution in [0.15, 0.2) is 42.5 Å². The molecule has 5 heteroatoms. The zero-order valence-electron chi connectivity index (χ0n) is 20.6. The Bertz CT molecular complexity index is 1000. The molecule has 5 rings (SSSR count). The summed E-state index contributed by atoms with van der Waals surface area (Å²) >= 11 is 0. The lowest BCUT2D eigenvalue weighted by atomic mass is 9.84. The second-order valence-electron chi connectivity index (χ2n) is 10.6. The highest BCUT2D eigenvalue weighted by Gasteiger charge is 2.28. The van der Waals surface area contributed by atoms with Crippen molar-refractivity contribution in [2.45, 2.75) is 57.6 Å². The smallest absolute Gasteiger partial charge is 0.256 e. The molecule has 0 spiro atoms. The molecule has 1 amide bonds. The second-order valence-corrected chi connectivity index (χ2v) is 10.6. The fourth-order valence-electron chi connectivity index (χ4n) is 6.08. The van der Waals surface area contributed by atoms with Gasteiger partial charge in [-0.2, -0.15) is 0 Å². The fraction of sp³-hybridized carbons (Fsp3) is 0.552. The molecule has 2 heterocycles. The maximum Gasteiger partial charge on any atom is 0.256 e. The molecule has 182 valence electrons. The molecule has 1 fully saturated rings. The van der Waals surface area contributed by atoms with Crippen LogP contribution in [0, 0.1) is 5.92 Å². The molecule has 2 aliphatic heterocycles. The molecule has 0 radical (unpaired) electrons. The van der Waals surface area contributed by atoms with Crippen LogP contribution in [0.4, 0.5) is 5.69 Å². The van der Waals surface area contributed by atoms with Crippen LogP contribution < -0.4 is 4.90 Å². The molecular formula is C29H39N3O2. The summed E-state index contributed by atoms with van der Waals surface area (Å²) in [7, 11) is 2.08. The lowest BCUT2D eigenvalue weighted by molar-refractivity contribution is 0.0521. The van der Waals surface area contributed by atoms with Crippen LogP contribution in [0.3, 0.4) is 0 Å². The lowest BCUT2D eigenvalue weighted by Crippen LogP contribution is -2.44. The van der Waals surface area contributed by atoms with Crippen molar-refractivity contribution in [3.8, 4) is 0 Å². The van der Waals surface area contributed by atoms with Crippen molar-refractivity contribution in [1.82, 2.24) is 9.80 Å². The maximum atomic E-state index is 13.4. The Morgan fingerprint density at radius 1 is 0.971 bits per heavy atom. The SMILES string of the molecule is CN1CCN(C[C@H](O)CN2CCc3ccccc3C2)C(=O)c2ccc(CC3CCCCC3)cc21. The van der Waals surface area contributed by atoms with Gasteiger partial charge in [0, 0.05) is 52.0 Å². The molecule has 1 N–H and O–H groups in total. The van der Waals surface area contributed by atoms with Crippen LogP contribution in [0.5, 0.6) is 0 Å². The minimum atomic E-state index is -0.549. The predicted octanol–water partition coefficient (Wildman–Crippen LogP) is 4.12. The molecule has 0 bridgehead atoms. The molecule has 0 unspecified atom stereocenters. The zero-order chi connectivity index (χ0) is 23.5. The number of nitrogens with zero attached hydrogens (tertiary/aromatic N) is 3. The Morgan fingerprint density at radius 2 is 1.76 bits per heavy atom. The van der Waals surface area contributed by atoms with Gasteiger partial charge in [-0.3, -0.25) is 9.69 Å². The van der Waals surface area contributed by atoms with Gasteiger partial charge in [-0.1, -0.05) is 62.4 Å². The number of hydrogen-bond donors (Lipinski definition) is 1. The molecule has 1 atom stereocenters. The molecule has 2 aromatic rings. The minimum absolute atomic E-state index is 0.0478. The predicted molar refractivity (Wildman–Crippen MR) is 137 cm³/mol. The number of carbonyl (C=O) groups excluding carboxylic acids is 1. The number of likely N-dealkylation sites (N-methyl/N-ethyl adjacent to an activating group) is 1. The van der Waals surface area contributed by atoms with E-state index in [1.165, 1.54) is 48.8 Å². The number of hydrogen-bond acceptors (Lipinski definition) is 4. The van der Waals surface area contributed by atoms with E-state index in [1.54, 1.807) is 0 Å². The monoisotopic (exact) mass is 461 g/mol. The first-order chi connectivity index (χ1) is 16.6. The van der Waals surface area contributed by atoms with Gasteiger partial charge in [-0.05, 0) is 47.6 Å². The van der Waals surface area contributed by atoms with Crippen molar-refractivity contribution in [1.29, 1.82) is 0 Å². The largest absolute Gasteiger partial charge is 0.390 e. The number of β-amino-alcohol motifs (C(OH)–C–C–N with tert-alkyl or cyclic N) is 1. The standard InChI is InChI=1S/C29H39N3O2/c1-30-15-16-32(21-26(33)20-31-14-13-24-9-5-6-10-25(24)19-31)29(34)27-12-11-23(18-28(27)30)17-22-7-3-2-4-8-22/h5-6,9-12,18,22,26,33H,2-4,7-8,13-17,19-21H2,1H3/t26-/m1/s1. The van der Waals surface area contributed by atoms with Crippen LogP contribution in [0.1, 0.15) is 59.2 Å². The van der Waals surface area contributed by atoms with Crippen molar-refractivity contribution in [3.63, 3.8) is 0 Å². The van der Waals surface area contributed by atoms with E-state index in [4.69, 9.17) is 0 Å². The number of aliphatic hydroxyl groups excluding tert-OH is 1. The summed E-state index contributed by atoms with van der Waals surface area (Å²) in [5, 5.41) is 10.9. The molecule has 1 aliphatic carbocycles. The zero-order valence-corrected chi connectivity index (χ0v) is 20.6. The Hall–Kier alpha value is -2.37. The van der Waals surface area contributed by atoms with Crippen LogP contribution in [0.2, 0.25) is 0 Å². The van der Waals surface area contributed by atoms with Gasteiger partial charge in [0.05, 0.1) is 11.7 Å². The van der Waals surface area contributed by atoms with Crippen molar-refractivity contribution >= 4 is 11.6 Å². The van der Waals surface area contributed by atoms with Gasteiger partial charge >= 0.3 is 0 Å². The van der Waals surface area contributed by atoms with Crippen molar-refractivity contribution in [2.24, 2.45) is 5.92 Å². The van der Waals surface area contributed by atoms with Gasteiger partial charge in [-0.25, -0.2) is 0 Å². The number of carbonyl (C=O) groups is 1. The van der Waals surface area contributed by atoms with Crippen LogP contribution in [-0.4, -0.2) is 66.7 Å². The molecule has 34 heavy (non-hydrogen) atoms. The van der Waals surface area contributed by atoms with Crippen LogP contribution >= 0.6 is 0 Å². The molecule has 2 aromatic carbocycles. The van der Waals surface area contributed by atoms with E-state index in [0.29, 0.717) is 19.6 Å². The van der Waals surface area contributed by atoms with Crippen LogP contribution in [0.25, 0.3) is 0 Å². The summed E-state index contributed by atoms with van der Waals surface area (Å²) in [6, 6.07) is 15.0. The van der Waals surface area contributed by atoms with Gasteiger partial charge in [0.25, 0.3) is 5.91 Å². The third-order valence-corrected chi connectivity index (χ3v) is 8.06. The normalized spacial score (nSPS) is 20.6. The lowest BCUT2D eigenvalue weighted by Gasteiger charge is -2.32. The summed E-state index contributed by atoms with van der Waals surface area (Å²) in [4.78, 5) is 19.8. The fourth-order valence-corrected chi connectivity index (χ4v) is 6.08. The maximum absolute atomic E-state index is 13.4. The Labute approximate surface area is 204 Å². The summed E-state index contributed by atoms with van der Waals surface area (Å²) in [5.74, 6) is 0.832. The third-order valence-electron chi connectivity index (χ3n) is 8.06. The third kappa shape index (κ3) is 5.31. The van der Waals surface area contributed by atoms with E-state index in [-0.39, 0.29) is 5.91 Å². The van der Waals surface area contributed by atoms with Gasteiger partial charge < -0.3 is 14.9 Å². The number of aliphatic hydroxyl groups is 1. The Morgan fingerprint density at radius 3 is 2.59 bits per heavy atom. The van der Waals surface area contributed by atoms with E-state index >= 15 is 0 Å². The average Bonchev–Trinajstić information content (AvgIpc) is 2.96. The number of fused-ring (bicyclic) bond motifs is 2. The average molecular weight is 462 g/mol. The number of anilines is 1. The molecule has 1 saturated carbocycles. The summed E-state index contributed by atoms with van der Waals surface area (Å²) in [6.07, 6.45) is 8.35. The second kappa shape index (κ2) is 10.5. The van der Waals surface area contributed by atoms with Crippen molar-refractivity contribution < 1.29 is 9.90 Å². The van der Waals surface area contributed by atoms with Gasteiger partial charge in [0.2, 0.25) is 0 Å². The Kier molecular flexibility index (Phi) is 7.21. The van der Waals surface area contributed by atoms with Crippen molar-refractivity contribution in [2.75, 3.05) is 44.7 Å². The van der Waals surface area contributed by atoms with Crippen molar-refractivity contribution in [3.05, 3.63) is 64.7 Å². The van der Waals surface area contributed by atoms with Crippen LogP contribution in [-0.2, 0) is 19.4 Å². The van der Waals surface area contributed by atoms with E-state index in [9.17, 15) is 9.90 Å². The first-order valence-electron chi connectivity index (χ1n) is 13.2. The van der Waals surface area contributed by atoms with E-state index in [2.05, 4.69) is 53.2 Å². The minimum Gasteiger partial charge on any atom is -0.390 e. The molecular weight excluding hydrogens is 422 g/mol. The number of rotatable bonds is 6. The summed E-state index contributed by atoms with van der Waals surface area (Å²) < 4.78 is 0. The first kappa shape index (κ1) is 23.4. The highest BCUT2D eigenvalue weighted by atomic mass is 16.3. The first-order valence-corrected chi connectivity index (χ1v) is 13.2. The summed E-state index contributed by atoms with van der Waals surface area (Å²) in [5.41, 5.74) is 5.93. The number of benzene rings is 2. The summed E-state index contributed by atoms with van der Waals surface area (Å²) in [6.45, 7) is 4.24. The topological polar surface area (TPSA) is 47.0 Å². The van der Waals surface area contributed by atoms with E-state index < -0.39 is 6.10 Å². The van der Waals surface area contributed by atoms with Gasteiger partial charge in [0.1, 0.15) is 0 Å². The van der Waals surface area contributed by atoms with Gasteiger partial charge in [-0.15, -0.1) is 0 Å². The number of amides is 1. The molecule has 0 saturated heterocycles. The molecule has 0 aromatic heterocycles.